The number of amides is 1. The van der Waals surface area contributed by atoms with Gasteiger partial charge in [0.05, 0.1) is 6.61 Å². The zero-order valence-corrected chi connectivity index (χ0v) is 20.1. The molecule has 0 aliphatic rings. The number of benzene rings is 2. The second-order valence-electron chi connectivity index (χ2n) is 6.72. The molecule has 0 aliphatic carbocycles. The fourth-order valence-electron chi connectivity index (χ4n) is 2.99. The molecule has 0 saturated carbocycles. The van der Waals surface area contributed by atoms with Crippen LogP contribution in [0.25, 0.3) is 0 Å². The Morgan fingerprint density at radius 1 is 1.00 bits per heavy atom. The van der Waals surface area contributed by atoms with E-state index in [9.17, 15) is 4.79 Å². The van der Waals surface area contributed by atoms with Gasteiger partial charge in [-0.3, -0.25) is 4.79 Å². The number of methoxy groups -OCH3 is 1. The smallest absolute Gasteiger partial charge is 0.241 e. The molecule has 3 N–H and O–H groups in total. The summed E-state index contributed by atoms with van der Waals surface area (Å²) in [6.45, 7) is 4.51. The van der Waals surface area contributed by atoms with Crippen LogP contribution in [0.3, 0.4) is 0 Å². The van der Waals surface area contributed by atoms with Gasteiger partial charge in [-0.2, -0.15) is 0 Å². The number of carbonyl (C=O) groups excluding carboxylic acids is 1. The van der Waals surface area contributed by atoms with Crippen molar-refractivity contribution in [1.82, 2.24) is 16.0 Å². The van der Waals surface area contributed by atoms with Crippen LogP contribution < -0.4 is 16.0 Å². The lowest BCUT2D eigenvalue weighted by atomic mass is 9.92. The van der Waals surface area contributed by atoms with Crippen LogP contribution in [0.4, 0.5) is 0 Å². The minimum absolute atomic E-state index is 0. The van der Waals surface area contributed by atoms with Crippen LogP contribution in [-0.2, 0) is 16.0 Å². The normalized spacial score (nSPS) is 11.9. The Balaban J connectivity index is 0.00000450. The van der Waals surface area contributed by atoms with Crippen LogP contribution in [0.15, 0.2) is 65.7 Å². The van der Waals surface area contributed by atoms with Crippen molar-refractivity contribution in [3.8, 4) is 0 Å². The van der Waals surface area contributed by atoms with Crippen molar-refractivity contribution in [3.05, 3.63) is 71.8 Å². The van der Waals surface area contributed by atoms with Crippen LogP contribution in [0.2, 0.25) is 0 Å². The molecule has 2 aromatic rings. The highest BCUT2D eigenvalue weighted by atomic mass is 127. The van der Waals surface area contributed by atoms with Crippen LogP contribution in [-0.4, -0.2) is 51.8 Å². The van der Waals surface area contributed by atoms with Crippen molar-refractivity contribution >= 4 is 35.8 Å². The van der Waals surface area contributed by atoms with E-state index in [0.717, 1.165) is 19.5 Å². The third kappa shape index (κ3) is 10.1. The summed E-state index contributed by atoms with van der Waals surface area (Å²) in [6.07, 6.45) is 0.925. The van der Waals surface area contributed by atoms with Gasteiger partial charge in [-0.25, -0.2) is 4.99 Å². The fraction of sp³-hybridized carbons (Fsp3) is 0.391. The Kier molecular flexibility index (Phi) is 13.5. The molecule has 1 unspecified atom stereocenters. The minimum atomic E-state index is -0.122. The zero-order valence-electron chi connectivity index (χ0n) is 17.8. The predicted molar refractivity (Wildman–Crippen MR) is 134 cm³/mol. The maximum Gasteiger partial charge on any atom is 0.241 e. The fourth-order valence-corrected chi connectivity index (χ4v) is 2.99. The Hall–Kier alpha value is -2.13. The summed E-state index contributed by atoms with van der Waals surface area (Å²) in [6, 6.07) is 21.0. The number of ether oxygens (including phenoxy) is 1. The van der Waals surface area contributed by atoms with Crippen molar-refractivity contribution < 1.29 is 9.53 Å². The average molecular weight is 524 g/mol. The van der Waals surface area contributed by atoms with Crippen LogP contribution in [0, 0.1) is 0 Å². The molecule has 6 nitrogen and oxygen atoms in total. The molecule has 30 heavy (non-hydrogen) atoms. The van der Waals surface area contributed by atoms with E-state index in [4.69, 9.17) is 4.74 Å². The standard InChI is InChI=1S/C23H32N4O2.HI/c1-3-24-23(27-18-22(28)25-14-15-29-2)26-17-21(20-12-8-5-9-13-20)16-19-10-6-4-7-11-19;/h4-13,21H,3,14-18H2,1-2H3,(H,25,28)(H2,24,26,27);1H. The van der Waals surface area contributed by atoms with E-state index in [0.29, 0.717) is 19.1 Å². The highest BCUT2D eigenvalue weighted by molar-refractivity contribution is 14.0. The number of nitrogens with one attached hydrogen (secondary N) is 3. The summed E-state index contributed by atoms with van der Waals surface area (Å²) in [7, 11) is 1.61. The number of guanidine groups is 1. The van der Waals surface area contributed by atoms with Gasteiger partial charge in [-0.05, 0) is 24.5 Å². The lowest BCUT2D eigenvalue weighted by Crippen LogP contribution is -2.40. The number of aliphatic imine (C=N–C) groups is 1. The quantitative estimate of drug-likeness (QED) is 0.183. The zero-order chi connectivity index (χ0) is 20.7. The lowest BCUT2D eigenvalue weighted by Gasteiger charge is -2.20. The number of nitrogens with zero attached hydrogens (tertiary/aromatic N) is 1. The summed E-state index contributed by atoms with van der Waals surface area (Å²) in [5.41, 5.74) is 2.57. The molecule has 0 saturated heterocycles. The van der Waals surface area contributed by atoms with Gasteiger partial charge < -0.3 is 20.7 Å². The highest BCUT2D eigenvalue weighted by Crippen LogP contribution is 2.20. The van der Waals surface area contributed by atoms with E-state index in [1.807, 2.05) is 19.1 Å². The molecule has 0 fully saturated rings. The average Bonchev–Trinajstić information content (AvgIpc) is 2.76. The number of hydrogen-bond acceptors (Lipinski definition) is 3. The van der Waals surface area contributed by atoms with E-state index < -0.39 is 0 Å². The van der Waals surface area contributed by atoms with Gasteiger partial charge in [0, 0.05) is 32.7 Å². The summed E-state index contributed by atoms with van der Waals surface area (Å²) in [5, 5.41) is 9.38. The summed E-state index contributed by atoms with van der Waals surface area (Å²) in [4.78, 5) is 16.3. The van der Waals surface area contributed by atoms with Gasteiger partial charge in [-0.15, -0.1) is 24.0 Å². The molecule has 2 aromatic carbocycles. The molecule has 164 valence electrons. The highest BCUT2D eigenvalue weighted by Gasteiger charge is 2.13. The summed E-state index contributed by atoms with van der Waals surface area (Å²) >= 11 is 0. The van der Waals surface area contributed by atoms with E-state index in [2.05, 4.69) is 69.5 Å². The van der Waals surface area contributed by atoms with Crippen molar-refractivity contribution in [2.45, 2.75) is 19.3 Å². The molecule has 0 bridgehead atoms. The number of carbonyl (C=O) groups is 1. The molecule has 7 heteroatoms. The largest absolute Gasteiger partial charge is 0.383 e. The van der Waals surface area contributed by atoms with Gasteiger partial charge >= 0.3 is 0 Å². The first-order valence-electron chi connectivity index (χ1n) is 10.1. The van der Waals surface area contributed by atoms with E-state index in [1.54, 1.807) is 7.11 Å². The monoisotopic (exact) mass is 524 g/mol. The van der Waals surface area contributed by atoms with Gasteiger partial charge in [0.1, 0.15) is 6.54 Å². The maximum atomic E-state index is 11.9. The first-order valence-corrected chi connectivity index (χ1v) is 10.1. The SMILES string of the molecule is CCNC(=NCC(=O)NCCOC)NCC(Cc1ccccc1)c1ccccc1.I. The molecule has 0 aliphatic heterocycles. The molecule has 1 amide bonds. The number of rotatable bonds is 11. The second kappa shape index (κ2) is 15.7. The molecule has 0 aromatic heterocycles. The van der Waals surface area contributed by atoms with E-state index >= 15 is 0 Å². The van der Waals surface area contributed by atoms with Gasteiger partial charge in [-0.1, -0.05) is 60.7 Å². The summed E-state index contributed by atoms with van der Waals surface area (Å²) in [5.74, 6) is 0.810. The topological polar surface area (TPSA) is 74.8 Å². The van der Waals surface area contributed by atoms with Gasteiger partial charge in [0.15, 0.2) is 5.96 Å². The maximum absolute atomic E-state index is 11.9. The third-order valence-electron chi connectivity index (χ3n) is 4.47. The predicted octanol–water partition coefficient (Wildman–Crippen LogP) is 2.95. The van der Waals surface area contributed by atoms with E-state index in [1.165, 1.54) is 11.1 Å². The first-order chi connectivity index (χ1) is 14.2. The van der Waals surface area contributed by atoms with Crippen molar-refractivity contribution in [2.24, 2.45) is 4.99 Å². The molecule has 0 heterocycles. The van der Waals surface area contributed by atoms with Crippen LogP contribution in [0.5, 0.6) is 0 Å². The molecular formula is C23H33IN4O2. The molecule has 0 radical (unpaired) electrons. The van der Waals surface area contributed by atoms with Crippen molar-refractivity contribution in [3.63, 3.8) is 0 Å². The van der Waals surface area contributed by atoms with Gasteiger partial charge in [0.2, 0.25) is 5.91 Å². The molecule has 0 spiro atoms. The van der Waals surface area contributed by atoms with Gasteiger partial charge in [0.25, 0.3) is 0 Å². The Bertz CT molecular complexity index is 741. The molecule has 2 rings (SSSR count). The Morgan fingerprint density at radius 2 is 1.67 bits per heavy atom. The first kappa shape index (κ1) is 25.9. The van der Waals surface area contributed by atoms with E-state index in [-0.39, 0.29) is 42.3 Å². The Morgan fingerprint density at radius 3 is 2.30 bits per heavy atom. The summed E-state index contributed by atoms with van der Waals surface area (Å²) < 4.78 is 4.94. The Labute approximate surface area is 196 Å². The minimum Gasteiger partial charge on any atom is -0.383 e. The number of halogens is 1. The van der Waals surface area contributed by atoms with Crippen molar-refractivity contribution in [1.29, 1.82) is 0 Å². The third-order valence-corrected chi connectivity index (χ3v) is 4.47. The number of hydrogen-bond donors (Lipinski definition) is 3. The van der Waals surface area contributed by atoms with Crippen LogP contribution in [0.1, 0.15) is 24.0 Å². The van der Waals surface area contributed by atoms with Crippen molar-refractivity contribution in [2.75, 3.05) is 39.9 Å². The molecular weight excluding hydrogens is 491 g/mol. The molecule has 1 atom stereocenters. The second-order valence-corrected chi connectivity index (χ2v) is 6.72. The van der Waals surface area contributed by atoms with Crippen LogP contribution >= 0.6 is 24.0 Å². The lowest BCUT2D eigenvalue weighted by molar-refractivity contribution is -0.119.